The van der Waals surface area contributed by atoms with Crippen LogP contribution in [0.2, 0.25) is 0 Å². The molecule has 2 aliphatic rings. The lowest BCUT2D eigenvalue weighted by Gasteiger charge is -2.37. The summed E-state index contributed by atoms with van der Waals surface area (Å²) in [6, 6.07) is 5.66. The standard InChI is InChI=1S/C17H21NO4/c1-3-22-16(20)18-8-6-17(7-9-18)11-12-10-13(21-2)4-5-14(12)15(17)19/h4-5,10H,3,6-9,11H2,1-2H3. The van der Waals surface area contributed by atoms with Crippen LogP contribution in [0.25, 0.3) is 0 Å². The van der Waals surface area contributed by atoms with E-state index in [9.17, 15) is 9.59 Å². The third kappa shape index (κ3) is 2.34. The molecule has 0 unspecified atom stereocenters. The van der Waals surface area contributed by atoms with E-state index < -0.39 is 0 Å². The van der Waals surface area contributed by atoms with Gasteiger partial charge in [-0.15, -0.1) is 0 Å². The Morgan fingerprint density at radius 3 is 2.68 bits per heavy atom. The molecular weight excluding hydrogens is 282 g/mol. The number of benzene rings is 1. The fraction of sp³-hybridized carbons (Fsp3) is 0.529. The lowest BCUT2D eigenvalue weighted by molar-refractivity contribution is 0.0552. The van der Waals surface area contributed by atoms with E-state index in [1.165, 1.54) is 0 Å². The molecule has 5 nitrogen and oxygen atoms in total. The number of methoxy groups -OCH3 is 1. The minimum absolute atomic E-state index is 0.216. The van der Waals surface area contributed by atoms with Crippen molar-refractivity contribution in [1.82, 2.24) is 4.90 Å². The Kier molecular flexibility index (Phi) is 3.81. The van der Waals surface area contributed by atoms with E-state index in [-0.39, 0.29) is 17.3 Å². The van der Waals surface area contributed by atoms with Gasteiger partial charge in [0.05, 0.1) is 13.7 Å². The molecule has 1 aliphatic heterocycles. The minimum Gasteiger partial charge on any atom is -0.497 e. The molecule has 1 aliphatic carbocycles. The first-order valence-electron chi connectivity index (χ1n) is 7.73. The number of carbonyl (C=O) groups is 2. The number of ether oxygens (including phenoxy) is 2. The third-order valence-electron chi connectivity index (χ3n) is 4.81. The average Bonchev–Trinajstić information content (AvgIpc) is 2.80. The zero-order valence-corrected chi connectivity index (χ0v) is 13.1. The van der Waals surface area contributed by atoms with Crippen molar-refractivity contribution < 1.29 is 19.1 Å². The normalized spacial score (nSPS) is 19.2. The van der Waals surface area contributed by atoms with Crippen LogP contribution < -0.4 is 4.74 Å². The van der Waals surface area contributed by atoms with Crippen molar-refractivity contribution in [3.05, 3.63) is 29.3 Å². The molecule has 0 aromatic heterocycles. The highest BCUT2D eigenvalue weighted by Gasteiger charge is 2.47. The summed E-state index contributed by atoms with van der Waals surface area (Å²) in [7, 11) is 1.63. The molecule has 0 atom stereocenters. The molecular formula is C17H21NO4. The van der Waals surface area contributed by atoms with Gasteiger partial charge in [0.25, 0.3) is 0 Å². The van der Waals surface area contributed by atoms with Crippen molar-refractivity contribution in [3.63, 3.8) is 0 Å². The maximum Gasteiger partial charge on any atom is 0.409 e. The van der Waals surface area contributed by atoms with Gasteiger partial charge in [0.1, 0.15) is 5.75 Å². The van der Waals surface area contributed by atoms with Gasteiger partial charge in [-0.2, -0.15) is 0 Å². The molecule has 0 bridgehead atoms. The van der Waals surface area contributed by atoms with Crippen molar-refractivity contribution in [1.29, 1.82) is 0 Å². The molecule has 1 aromatic rings. The Morgan fingerprint density at radius 2 is 2.05 bits per heavy atom. The van der Waals surface area contributed by atoms with Gasteiger partial charge in [0.15, 0.2) is 5.78 Å². The summed E-state index contributed by atoms with van der Waals surface area (Å²) in [5.74, 6) is 1.00. The van der Waals surface area contributed by atoms with E-state index in [0.717, 1.165) is 23.3 Å². The van der Waals surface area contributed by atoms with Crippen LogP contribution in [0.1, 0.15) is 35.7 Å². The largest absolute Gasteiger partial charge is 0.497 e. The number of hydrogen-bond donors (Lipinski definition) is 0. The van der Waals surface area contributed by atoms with E-state index in [4.69, 9.17) is 9.47 Å². The molecule has 1 amide bonds. The second kappa shape index (κ2) is 5.63. The predicted molar refractivity (Wildman–Crippen MR) is 81.3 cm³/mol. The fourth-order valence-electron chi connectivity index (χ4n) is 3.53. The second-order valence-electron chi connectivity index (χ2n) is 6.00. The Labute approximate surface area is 130 Å². The molecule has 118 valence electrons. The van der Waals surface area contributed by atoms with Gasteiger partial charge in [0.2, 0.25) is 0 Å². The van der Waals surface area contributed by atoms with Crippen LogP contribution in [0.4, 0.5) is 4.79 Å². The molecule has 3 rings (SSSR count). The highest BCUT2D eigenvalue weighted by atomic mass is 16.6. The molecule has 22 heavy (non-hydrogen) atoms. The number of carbonyl (C=O) groups excluding carboxylic acids is 2. The van der Waals surface area contributed by atoms with Crippen LogP contribution in [-0.2, 0) is 11.2 Å². The second-order valence-corrected chi connectivity index (χ2v) is 6.00. The SMILES string of the molecule is CCOC(=O)N1CCC2(CC1)Cc1cc(OC)ccc1C2=O. The van der Waals surface area contributed by atoms with Crippen LogP contribution in [-0.4, -0.2) is 43.6 Å². The lowest BCUT2D eigenvalue weighted by Crippen LogP contribution is -2.45. The maximum atomic E-state index is 12.8. The van der Waals surface area contributed by atoms with Crippen molar-refractivity contribution in [2.75, 3.05) is 26.8 Å². The Bertz CT molecular complexity index is 603. The molecule has 1 spiro atoms. The Balaban J connectivity index is 1.75. The van der Waals surface area contributed by atoms with E-state index >= 15 is 0 Å². The zero-order valence-electron chi connectivity index (χ0n) is 13.1. The number of rotatable bonds is 2. The van der Waals surface area contributed by atoms with E-state index in [2.05, 4.69) is 0 Å². The first-order valence-corrected chi connectivity index (χ1v) is 7.73. The Morgan fingerprint density at radius 1 is 1.32 bits per heavy atom. The monoisotopic (exact) mass is 303 g/mol. The Hall–Kier alpha value is -2.04. The number of likely N-dealkylation sites (tertiary alicyclic amines) is 1. The van der Waals surface area contributed by atoms with Crippen LogP contribution in [0, 0.1) is 5.41 Å². The molecule has 0 radical (unpaired) electrons. The van der Waals surface area contributed by atoms with Crippen LogP contribution in [0.3, 0.4) is 0 Å². The quantitative estimate of drug-likeness (QED) is 0.843. The fourth-order valence-corrected chi connectivity index (χ4v) is 3.53. The summed E-state index contributed by atoms with van der Waals surface area (Å²) in [5, 5.41) is 0. The zero-order chi connectivity index (χ0) is 15.7. The predicted octanol–water partition coefficient (Wildman–Crippen LogP) is 2.67. The van der Waals surface area contributed by atoms with Crippen LogP contribution in [0.15, 0.2) is 18.2 Å². The van der Waals surface area contributed by atoms with E-state index in [0.29, 0.717) is 32.5 Å². The third-order valence-corrected chi connectivity index (χ3v) is 4.81. The van der Waals surface area contributed by atoms with Crippen molar-refractivity contribution in [2.24, 2.45) is 5.41 Å². The highest BCUT2D eigenvalue weighted by molar-refractivity contribution is 6.05. The van der Waals surface area contributed by atoms with Gasteiger partial charge in [-0.1, -0.05) is 0 Å². The highest BCUT2D eigenvalue weighted by Crippen LogP contribution is 2.45. The summed E-state index contributed by atoms with van der Waals surface area (Å²) in [5.41, 5.74) is 1.52. The topological polar surface area (TPSA) is 55.8 Å². The molecule has 1 heterocycles. The smallest absolute Gasteiger partial charge is 0.409 e. The summed E-state index contributed by atoms with van der Waals surface area (Å²) >= 11 is 0. The van der Waals surface area contributed by atoms with Crippen LogP contribution in [0.5, 0.6) is 5.75 Å². The summed E-state index contributed by atoms with van der Waals surface area (Å²) < 4.78 is 10.3. The maximum absolute atomic E-state index is 12.8. The molecule has 0 saturated carbocycles. The molecule has 1 fully saturated rings. The average molecular weight is 303 g/mol. The lowest BCUT2D eigenvalue weighted by atomic mass is 9.75. The minimum atomic E-state index is -0.350. The van der Waals surface area contributed by atoms with Gasteiger partial charge in [-0.05, 0) is 49.9 Å². The van der Waals surface area contributed by atoms with E-state index in [1.54, 1.807) is 18.9 Å². The molecule has 5 heteroatoms. The van der Waals surface area contributed by atoms with Crippen molar-refractivity contribution in [2.45, 2.75) is 26.2 Å². The van der Waals surface area contributed by atoms with Gasteiger partial charge < -0.3 is 14.4 Å². The summed E-state index contributed by atoms with van der Waals surface area (Å²) in [6.07, 6.45) is 1.86. The number of ketones is 1. The molecule has 1 aromatic carbocycles. The van der Waals surface area contributed by atoms with E-state index in [1.807, 2.05) is 18.2 Å². The summed E-state index contributed by atoms with van der Waals surface area (Å²) in [4.78, 5) is 26.3. The van der Waals surface area contributed by atoms with Gasteiger partial charge in [-0.3, -0.25) is 4.79 Å². The van der Waals surface area contributed by atoms with Crippen molar-refractivity contribution in [3.8, 4) is 5.75 Å². The first-order chi connectivity index (χ1) is 10.6. The number of fused-ring (bicyclic) bond motifs is 1. The number of nitrogens with zero attached hydrogens (tertiary/aromatic N) is 1. The first kappa shape index (κ1) is 14.9. The summed E-state index contributed by atoms with van der Waals surface area (Å²) in [6.45, 7) is 3.34. The number of Topliss-reactive ketones (excluding diaryl/α,β-unsaturated/α-hetero) is 1. The number of piperidine rings is 1. The van der Waals surface area contributed by atoms with Gasteiger partial charge in [-0.25, -0.2) is 4.79 Å². The van der Waals surface area contributed by atoms with Crippen molar-refractivity contribution >= 4 is 11.9 Å². The molecule has 0 N–H and O–H groups in total. The van der Waals surface area contributed by atoms with Gasteiger partial charge >= 0.3 is 6.09 Å². The molecule has 1 saturated heterocycles. The number of amides is 1. The number of hydrogen-bond acceptors (Lipinski definition) is 4. The van der Waals surface area contributed by atoms with Gasteiger partial charge in [0, 0.05) is 24.1 Å². The van der Waals surface area contributed by atoms with Crippen LogP contribution >= 0.6 is 0 Å².